The predicted octanol–water partition coefficient (Wildman–Crippen LogP) is 6.81. The molecule has 0 heterocycles. The number of hydrogen-bond donors (Lipinski definition) is 1. The van der Waals surface area contributed by atoms with Gasteiger partial charge in [-0.1, -0.05) is 27.7 Å². The van der Waals surface area contributed by atoms with Gasteiger partial charge in [0, 0.05) is 0 Å². The third-order valence-electron chi connectivity index (χ3n) is 10.5. The molecule has 0 amide bonds. The van der Waals surface area contributed by atoms with Crippen molar-refractivity contribution in [3.63, 3.8) is 0 Å². The van der Waals surface area contributed by atoms with Crippen LogP contribution in [0.25, 0.3) is 0 Å². The van der Waals surface area contributed by atoms with Crippen LogP contribution in [-0.4, -0.2) is 28.3 Å². The summed E-state index contributed by atoms with van der Waals surface area (Å²) in [5.41, 5.74) is 0. The zero-order valence-electron chi connectivity index (χ0n) is 18.8. The van der Waals surface area contributed by atoms with Crippen molar-refractivity contribution in [2.75, 3.05) is 0 Å². The molecule has 0 aromatic rings. The monoisotopic (exact) mass is 452 g/mol. The Morgan fingerprint density at radius 3 is 1.37 bits per heavy atom. The third kappa shape index (κ3) is 3.28. The lowest BCUT2D eigenvalue weighted by Crippen LogP contribution is -2.58. The largest absolute Gasteiger partial charge is 0.285 e. The van der Waals surface area contributed by atoms with Crippen LogP contribution in [0.2, 0.25) is 0 Å². The van der Waals surface area contributed by atoms with E-state index in [1.807, 2.05) is 0 Å². The Kier molecular flexibility index (Phi) is 5.00. The SMILES string of the molecule is CCCCC(P(C12CC3CC(CC(C3)C1)C2)C12CC3CC(CC(C3)C1)C2)S(=O)(=O)O. The van der Waals surface area contributed by atoms with Crippen molar-refractivity contribution in [2.24, 2.45) is 35.5 Å². The first-order valence-electron chi connectivity index (χ1n) is 13.0. The van der Waals surface area contributed by atoms with Gasteiger partial charge in [-0.15, -0.1) is 0 Å². The van der Waals surface area contributed by atoms with Gasteiger partial charge in [0.25, 0.3) is 10.1 Å². The van der Waals surface area contributed by atoms with Crippen LogP contribution in [0.3, 0.4) is 0 Å². The summed E-state index contributed by atoms with van der Waals surface area (Å²) in [4.78, 5) is -0.444. The van der Waals surface area contributed by atoms with Crippen molar-refractivity contribution in [3.05, 3.63) is 0 Å². The standard InChI is InChI=1S/C25H41O3PS/c1-2-3-4-23(30(26,27)28)29(24-11-17-5-18(12-24)7-19(6-17)13-24)25-14-20-8-21(15-25)10-22(9-20)16-25/h17-23H,2-16H2,1H3,(H,26,27,28). The smallest absolute Gasteiger partial charge is 0.271 e. The molecule has 30 heavy (non-hydrogen) atoms. The van der Waals surface area contributed by atoms with Crippen molar-refractivity contribution >= 4 is 18.0 Å². The third-order valence-corrected chi connectivity index (χ3v) is 16.8. The molecule has 8 aliphatic rings. The Labute approximate surface area is 185 Å². The normalized spacial score (nSPS) is 50.7. The van der Waals surface area contributed by atoms with E-state index in [2.05, 4.69) is 6.92 Å². The van der Waals surface area contributed by atoms with E-state index >= 15 is 0 Å². The van der Waals surface area contributed by atoms with Crippen LogP contribution >= 0.6 is 7.92 Å². The number of hydrogen-bond acceptors (Lipinski definition) is 2. The van der Waals surface area contributed by atoms with Gasteiger partial charge in [0.05, 0.1) is 0 Å². The molecule has 5 heteroatoms. The highest BCUT2D eigenvalue weighted by Gasteiger charge is 2.65. The Morgan fingerprint density at radius 1 is 0.767 bits per heavy atom. The minimum atomic E-state index is -3.99. The summed E-state index contributed by atoms with van der Waals surface area (Å²) < 4.78 is 36.7. The lowest BCUT2D eigenvalue weighted by Gasteiger charge is -2.68. The van der Waals surface area contributed by atoms with Gasteiger partial charge in [0.2, 0.25) is 0 Å². The van der Waals surface area contributed by atoms with Gasteiger partial charge in [-0.2, -0.15) is 8.42 Å². The van der Waals surface area contributed by atoms with Gasteiger partial charge < -0.3 is 0 Å². The second-order valence-electron chi connectivity index (χ2n) is 12.8. The molecule has 8 fully saturated rings. The van der Waals surface area contributed by atoms with E-state index in [-0.39, 0.29) is 10.3 Å². The molecule has 3 nitrogen and oxygen atoms in total. The van der Waals surface area contributed by atoms with Crippen molar-refractivity contribution in [1.29, 1.82) is 0 Å². The molecule has 0 radical (unpaired) electrons. The lowest BCUT2D eigenvalue weighted by molar-refractivity contribution is 0.0182. The average Bonchev–Trinajstić information content (AvgIpc) is 2.61. The fraction of sp³-hybridized carbons (Fsp3) is 1.00. The highest BCUT2D eigenvalue weighted by atomic mass is 32.2. The molecule has 8 bridgehead atoms. The van der Waals surface area contributed by atoms with Gasteiger partial charge >= 0.3 is 0 Å². The molecule has 0 aromatic heterocycles. The summed E-state index contributed by atoms with van der Waals surface area (Å²) in [6.45, 7) is 2.17. The predicted molar refractivity (Wildman–Crippen MR) is 124 cm³/mol. The Bertz CT molecular complexity index is 676. The highest BCUT2D eigenvalue weighted by molar-refractivity contribution is 7.95. The van der Waals surface area contributed by atoms with Crippen LogP contribution in [0, 0.1) is 35.5 Å². The topological polar surface area (TPSA) is 54.4 Å². The summed E-state index contributed by atoms with van der Waals surface area (Å²) in [5, 5.41) is 0.536. The van der Waals surface area contributed by atoms with Crippen LogP contribution in [0.15, 0.2) is 0 Å². The Balaban J connectivity index is 1.46. The van der Waals surface area contributed by atoms with E-state index in [4.69, 9.17) is 0 Å². The van der Waals surface area contributed by atoms with Crippen molar-refractivity contribution in [1.82, 2.24) is 0 Å². The first-order valence-corrected chi connectivity index (χ1v) is 16.0. The number of unbranched alkanes of at least 4 members (excludes halogenated alkanes) is 1. The molecule has 1 unspecified atom stereocenters. The molecule has 0 aliphatic heterocycles. The van der Waals surface area contributed by atoms with Gasteiger partial charge in [0.15, 0.2) is 0 Å². The second kappa shape index (κ2) is 7.17. The average molecular weight is 453 g/mol. The van der Waals surface area contributed by atoms with Crippen molar-refractivity contribution in [2.45, 2.75) is 119 Å². The second-order valence-corrected chi connectivity index (χ2v) is 18.0. The minimum Gasteiger partial charge on any atom is -0.285 e. The maximum Gasteiger partial charge on any atom is 0.271 e. The van der Waals surface area contributed by atoms with E-state index < -0.39 is 23.0 Å². The lowest BCUT2D eigenvalue weighted by atomic mass is 9.55. The molecular formula is C25H41O3PS. The van der Waals surface area contributed by atoms with Gasteiger partial charge in [-0.25, -0.2) is 0 Å². The van der Waals surface area contributed by atoms with Gasteiger partial charge in [-0.05, 0) is 129 Å². The van der Waals surface area contributed by atoms with Crippen LogP contribution in [0.4, 0.5) is 0 Å². The fourth-order valence-electron chi connectivity index (χ4n) is 10.6. The van der Waals surface area contributed by atoms with E-state index in [1.165, 1.54) is 77.0 Å². The maximum atomic E-state index is 13.0. The highest BCUT2D eigenvalue weighted by Crippen LogP contribution is 2.81. The van der Waals surface area contributed by atoms with Crippen LogP contribution in [0.1, 0.15) is 103 Å². The Hall–Kier alpha value is 0.340. The van der Waals surface area contributed by atoms with Crippen LogP contribution < -0.4 is 0 Å². The molecule has 0 saturated heterocycles. The minimum absolute atomic E-state index is 0.268. The fourth-order valence-corrected chi connectivity index (χ4v) is 18.9. The van der Waals surface area contributed by atoms with Crippen LogP contribution in [0.5, 0.6) is 0 Å². The van der Waals surface area contributed by atoms with Crippen molar-refractivity contribution < 1.29 is 13.0 Å². The van der Waals surface area contributed by atoms with E-state index in [0.717, 1.165) is 48.3 Å². The van der Waals surface area contributed by atoms with Gasteiger partial charge in [-0.3, -0.25) is 4.55 Å². The summed E-state index contributed by atoms with van der Waals surface area (Å²) >= 11 is 0. The molecule has 0 aromatic carbocycles. The molecule has 1 atom stereocenters. The van der Waals surface area contributed by atoms with E-state index in [1.54, 1.807) is 0 Å². The summed E-state index contributed by atoms with van der Waals surface area (Å²) in [6, 6.07) is 0. The van der Waals surface area contributed by atoms with Crippen molar-refractivity contribution in [3.8, 4) is 0 Å². The zero-order valence-corrected chi connectivity index (χ0v) is 20.5. The first kappa shape index (κ1) is 20.9. The Morgan fingerprint density at radius 2 is 1.10 bits per heavy atom. The maximum absolute atomic E-state index is 13.0. The molecular weight excluding hydrogens is 411 g/mol. The first-order chi connectivity index (χ1) is 14.3. The van der Waals surface area contributed by atoms with Gasteiger partial charge in [0.1, 0.15) is 4.99 Å². The number of rotatable bonds is 7. The quantitative estimate of drug-likeness (QED) is 0.341. The zero-order chi connectivity index (χ0) is 20.7. The summed E-state index contributed by atoms with van der Waals surface area (Å²) in [5.74, 6) is 5.10. The molecule has 8 saturated carbocycles. The van der Waals surface area contributed by atoms with E-state index in [0.29, 0.717) is 6.42 Å². The molecule has 8 aliphatic carbocycles. The molecule has 8 rings (SSSR count). The molecule has 1 N–H and O–H groups in total. The summed E-state index contributed by atoms with van der Waals surface area (Å²) in [6.07, 6.45) is 18.9. The summed E-state index contributed by atoms with van der Waals surface area (Å²) in [7, 11) is -4.70. The van der Waals surface area contributed by atoms with Crippen LogP contribution in [-0.2, 0) is 10.1 Å². The molecule has 170 valence electrons. The molecule has 0 spiro atoms. The van der Waals surface area contributed by atoms with E-state index in [9.17, 15) is 13.0 Å².